The highest BCUT2D eigenvalue weighted by atomic mass is 35.5. The number of benzene rings is 1. The van der Waals surface area contributed by atoms with Gasteiger partial charge in [-0.3, -0.25) is 0 Å². The van der Waals surface area contributed by atoms with Crippen LogP contribution in [-0.2, 0) is 0 Å². The van der Waals surface area contributed by atoms with E-state index in [-0.39, 0.29) is 12.4 Å². The van der Waals surface area contributed by atoms with E-state index in [1.54, 1.807) is 0 Å². The van der Waals surface area contributed by atoms with Crippen molar-refractivity contribution in [2.45, 2.75) is 33.6 Å². The van der Waals surface area contributed by atoms with Gasteiger partial charge in [0.1, 0.15) is 12.4 Å². The van der Waals surface area contributed by atoms with Crippen molar-refractivity contribution in [3.05, 3.63) is 29.3 Å². The van der Waals surface area contributed by atoms with Crippen LogP contribution in [0.3, 0.4) is 0 Å². The second-order valence-electron chi connectivity index (χ2n) is 4.38. The fourth-order valence-electron chi connectivity index (χ4n) is 1.80. The third kappa shape index (κ3) is 5.42. The van der Waals surface area contributed by atoms with Gasteiger partial charge in [0.2, 0.25) is 0 Å². The normalized spacial score (nSPS) is 10.2. The van der Waals surface area contributed by atoms with Crippen molar-refractivity contribution < 1.29 is 4.74 Å². The number of halogens is 1. The largest absolute Gasteiger partial charge is 0.492 e. The fraction of sp³-hybridized carbons (Fsp3) is 0.571. The number of ether oxygens (including phenoxy) is 1. The molecule has 1 rings (SSSR count). The molecule has 98 valence electrons. The molecule has 0 bridgehead atoms. The van der Waals surface area contributed by atoms with Crippen molar-refractivity contribution in [3.63, 3.8) is 0 Å². The van der Waals surface area contributed by atoms with Crippen LogP contribution < -0.4 is 10.1 Å². The summed E-state index contributed by atoms with van der Waals surface area (Å²) in [4.78, 5) is 0. The Morgan fingerprint density at radius 1 is 1.29 bits per heavy atom. The summed E-state index contributed by atoms with van der Waals surface area (Å²) in [6.07, 6.45) is 0. The Morgan fingerprint density at radius 2 is 2.00 bits per heavy atom. The number of aryl methyl sites for hydroxylation is 1. The number of likely N-dealkylation sites (N-methyl/N-ethyl adjacent to an activating group) is 1. The minimum Gasteiger partial charge on any atom is -0.492 e. The van der Waals surface area contributed by atoms with Crippen molar-refractivity contribution in [2.24, 2.45) is 0 Å². The molecule has 2 nitrogen and oxygen atoms in total. The van der Waals surface area contributed by atoms with E-state index in [1.165, 1.54) is 11.1 Å². The molecule has 0 atom stereocenters. The topological polar surface area (TPSA) is 21.3 Å². The summed E-state index contributed by atoms with van der Waals surface area (Å²) in [5.74, 6) is 1.55. The first-order valence-electron chi connectivity index (χ1n) is 6.09. The summed E-state index contributed by atoms with van der Waals surface area (Å²) in [6.45, 7) is 11.3. The minimum atomic E-state index is 0. The standard InChI is InChI=1S/C14H23NO.ClH/c1-5-15-8-9-16-13-6-7-14(11(2)3)12(4)10-13;/h6-7,10-11,15H,5,8-9H2,1-4H3;1H. The van der Waals surface area contributed by atoms with Crippen molar-refractivity contribution in [1.82, 2.24) is 5.32 Å². The van der Waals surface area contributed by atoms with Gasteiger partial charge in [-0.2, -0.15) is 0 Å². The highest BCUT2D eigenvalue weighted by molar-refractivity contribution is 5.85. The van der Waals surface area contributed by atoms with Crippen LogP contribution in [0.2, 0.25) is 0 Å². The van der Waals surface area contributed by atoms with Gasteiger partial charge in [0.15, 0.2) is 0 Å². The molecule has 17 heavy (non-hydrogen) atoms. The van der Waals surface area contributed by atoms with E-state index in [0.717, 1.165) is 25.4 Å². The lowest BCUT2D eigenvalue weighted by atomic mass is 9.98. The van der Waals surface area contributed by atoms with E-state index in [4.69, 9.17) is 4.74 Å². The predicted octanol–water partition coefficient (Wildman–Crippen LogP) is 3.53. The number of hydrogen-bond acceptors (Lipinski definition) is 2. The van der Waals surface area contributed by atoms with E-state index in [9.17, 15) is 0 Å². The van der Waals surface area contributed by atoms with Crippen LogP contribution in [0.15, 0.2) is 18.2 Å². The molecule has 0 saturated carbocycles. The van der Waals surface area contributed by atoms with Gasteiger partial charge in [0.25, 0.3) is 0 Å². The summed E-state index contributed by atoms with van der Waals surface area (Å²) in [5.41, 5.74) is 2.72. The van der Waals surface area contributed by atoms with Gasteiger partial charge in [0.05, 0.1) is 0 Å². The van der Waals surface area contributed by atoms with Crippen LogP contribution in [0, 0.1) is 6.92 Å². The molecule has 0 heterocycles. The molecule has 1 aromatic carbocycles. The lowest BCUT2D eigenvalue weighted by Gasteiger charge is -2.12. The van der Waals surface area contributed by atoms with E-state index >= 15 is 0 Å². The molecular formula is C14H24ClNO. The van der Waals surface area contributed by atoms with Gasteiger partial charge in [-0.15, -0.1) is 12.4 Å². The van der Waals surface area contributed by atoms with E-state index in [2.05, 4.69) is 51.2 Å². The highest BCUT2D eigenvalue weighted by Gasteiger charge is 2.04. The Balaban J connectivity index is 0.00000256. The summed E-state index contributed by atoms with van der Waals surface area (Å²) < 4.78 is 5.66. The molecule has 1 N–H and O–H groups in total. The Labute approximate surface area is 111 Å². The van der Waals surface area contributed by atoms with Crippen LogP contribution in [0.1, 0.15) is 37.8 Å². The Hall–Kier alpha value is -0.730. The quantitative estimate of drug-likeness (QED) is 0.788. The van der Waals surface area contributed by atoms with Gasteiger partial charge in [-0.25, -0.2) is 0 Å². The zero-order chi connectivity index (χ0) is 12.0. The van der Waals surface area contributed by atoms with Crippen molar-refractivity contribution in [1.29, 1.82) is 0 Å². The lowest BCUT2D eigenvalue weighted by molar-refractivity contribution is 0.315. The maximum absolute atomic E-state index is 5.66. The number of nitrogens with one attached hydrogen (secondary N) is 1. The number of rotatable bonds is 6. The third-order valence-electron chi connectivity index (χ3n) is 2.66. The van der Waals surface area contributed by atoms with Gasteiger partial charge < -0.3 is 10.1 Å². The maximum Gasteiger partial charge on any atom is 0.119 e. The zero-order valence-corrected chi connectivity index (χ0v) is 12.1. The molecule has 0 amide bonds. The van der Waals surface area contributed by atoms with Gasteiger partial charge in [-0.05, 0) is 42.6 Å². The van der Waals surface area contributed by atoms with E-state index in [0.29, 0.717) is 5.92 Å². The molecule has 0 radical (unpaired) electrons. The van der Waals surface area contributed by atoms with Crippen molar-refractivity contribution in [3.8, 4) is 5.75 Å². The second-order valence-corrected chi connectivity index (χ2v) is 4.38. The van der Waals surface area contributed by atoms with Crippen LogP contribution in [0.25, 0.3) is 0 Å². The average molecular weight is 258 g/mol. The summed E-state index contributed by atoms with van der Waals surface area (Å²) >= 11 is 0. The summed E-state index contributed by atoms with van der Waals surface area (Å²) in [5, 5.41) is 3.24. The van der Waals surface area contributed by atoms with E-state index in [1.807, 2.05) is 0 Å². The van der Waals surface area contributed by atoms with Crippen LogP contribution in [0.4, 0.5) is 0 Å². The molecule has 0 saturated heterocycles. The van der Waals surface area contributed by atoms with Crippen LogP contribution in [0.5, 0.6) is 5.75 Å². The first-order chi connectivity index (χ1) is 7.65. The molecule has 0 aliphatic carbocycles. The number of hydrogen-bond donors (Lipinski definition) is 1. The first-order valence-corrected chi connectivity index (χ1v) is 6.09. The van der Waals surface area contributed by atoms with Gasteiger partial charge in [0, 0.05) is 6.54 Å². The van der Waals surface area contributed by atoms with Gasteiger partial charge >= 0.3 is 0 Å². The monoisotopic (exact) mass is 257 g/mol. The first kappa shape index (κ1) is 16.3. The van der Waals surface area contributed by atoms with Gasteiger partial charge in [-0.1, -0.05) is 26.8 Å². The van der Waals surface area contributed by atoms with Crippen molar-refractivity contribution >= 4 is 12.4 Å². The summed E-state index contributed by atoms with van der Waals surface area (Å²) in [6, 6.07) is 6.36. The fourth-order valence-corrected chi connectivity index (χ4v) is 1.80. The van der Waals surface area contributed by atoms with E-state index < -0.39 is 0 Å². The molecular weight excluding hydrogens is 234 g/mol. The maximum atomic E-state index is 5.66. The molecule has 0 aliphatic rings. The molecule has 0 spiro atoms. The molecule has 0 unspecified atom stereocenters. The third-order valence-corrected chi connectivity index (χ3v) is 2.66. The Bertz CT molecular complexity index is 326. The average Bonchev–Trinajstić information content (AvgIpc) is 2.24. The predicted molar refractivity (Wildman–Crippen MR) is 76.6 cm³/mol. The SMILES string of the molecule is CCNCCOc1ccc(C(C)C)c(C)c1.Cl. The Morgan fingerprint density at radius 3 is 2.53 bits per heavy atom. The molecule has 0 aliphatic heterocycles. The minimum absolute atomic E-state index is 0. The van der Waals surface area contributed by atoms with Crippen molar-refractivity contribution in [2.75, 3.05) is 19.7 Å². The molecule has 0 aromatic heterocycles. The molecule has 0 fully saturated rings. The van der Waals surface area contributed by atoms with Crippen LogP contribution >= 0.6 is 12.4 Å². The Kier molecular flexibility index (Phi) is 8.01. The second kappa shape index (κ2) is 8.37. The highest BCUT2D eigenvalue weighted by Crippen LogP contribution is 2.23. The molecule has 1 aromatic rings. The zero-order valence-electron chi connectivity index (χ0n) is 11.2. The molecule has 3 heteroatoms. The van der Waals surface area contributed by atoms with Crippen LogP contribution in [-0.4, -0.2) is 19.7 Å². The smallest absolute Gasteiger partial charge is 0.119 e. The lowest BCUT2D eigenvalue weighted by Crippen LogP contribution is -2.20. The summed E-state index contributed by atoms with van der Waals surface area (Å²) in [7, 11) is 0.